The second kappa shape index (κ2) is 10.9. The smallest absolute Gasteiger partial charge is 0.166 e. The van der Waals surface area contributed by atoms with Gasteiger partial charge in [-0.15, -0.1) is 0 Å². The van der Waals surface area contributed by atoms with Gasteiger partial charge in [-0.2, -0.15) is 26.3 Å². The van der Waals surface area contributed by atoms with Gasteiger partial charge in [0.25, 0.3) is 0 Å². The van der Waals surface area contributed by atoms with Crippen molar-refractivity contribution >= 4 is 11.1 Å². The molecule has 0 aliphatic rings. The SMILES string of the molecule is C=C/C=C/C/C(=C(\C)c1ccccc1C(=C)/C(=C/C/C=C\C)C(F)(F)F)C(F)(F)F. The van der Waals surface area contributed by atoms with E-state index in [0.717, 1.165) is 6.08 Å². The van der Waals surface area contributed by atoms with E-state index in [-0.39, 0.29) is 28.7 Å². The number of hydrogen-bond donors (Lipinski definition) is 0. The Morgan fingerprint density at radius 3 is 2.07 bits per heavy atom. The second-order valence-corrected chi connectivity index (χ2v) is 6.41. The lowest BCUT2D eigenvalue weighted by Crippen LogP contribution is -2.15. The molecule has 0 amide bonds. The van der Waals surface area contributed by atoms with Crippen LogP contribution in [0.15, 0.2) is 85.0 Å². The molecule has 1 aromatic rings. The molecular formula is C24H24F6. The third-order valence-corrected chi connectivity index (χ3v) is 4.37. The zero-order valence-electron chi connectivity index (χ0n) is 16.9. The van der Waals surface area contributed by atoms with E-state index in [2.05, 4.69) is 13.2 Å². The molecule has 1 aromatic carbocycles. The summed E-state index contributed by atoms with van der Waals surface area (Å²) in [5.41, 5.74) is -2.27. The fourth-order valence-electron chi connectivity index (χ4n) is 2.88. The van der Waals surface area contributed by atoms with Crippen molar-refractivity contribution in [2.45, 2.75) is 39.0 Å². The first-order valence-electron chi connectivity index (χ1n) is 9.17. The molecule has 0 bridgehead atoms. The lowest BCUT2D eigenvalue weighted by atomic mass is 9.88. The Morgan fingerprint density at radius 2 is 1.57 bits per heavy atom. The van der Waals surface area contributed by atoms with Crippen LogP contribution in [0.25, 0.3) is 11.1 Å². The van der Waals surface area contributed by atoms with Crippen LogP contribution in [0.2, 0.25) is 0 Å². The Labute approximate surface area is 173 Å². The van der Waals surface area contributed by atoms with E-state index < -0.39 is 29.9 Å². The molecule has 0 N–H and O–H groups in total. The van der Waals surface area contributed by atoms with E-state index in [4.69, 9.17) is 0 Å². The number of benzene rings is 1. The number of halogens is 6. The van der Waals surface area contributed by atoms with Crippen LogP contribution < -0.4 is 0 Å². The van der Waals surface area contributed by atoms with Crippen molar-refractivity contribution in [3.8, 4) is 0 Å². The van der Waals surface area contributed by atoms with Crippen LogP contribution in [0, 0.1) is 0 Å². The first-order chi connectivity index (χ1) is 13.9. The standard InChI is InChI=1S/C24H24F6/c1-5-7-9-15-21(23(25,26)27)17(3)19-13-11-12-14-20(19)18(4)22(24(28,29)30)16-10-8-6-2/h5-9,11-14,16H,1,4,10,15H2,2-3H3/b8-6-,9-7+,21-17-,22-16-. The van der Waals surface area contributed by atoms with Crippen molar-refractivity contribution in [1.29, 1.82) is 0 Å². The summed E-state index contributed by atoms with van der Waals surface area (Å²) in [4.78, 5) is 0. The van der Waals surface area contributed by atoms with Gasteiger partial charge in [-0.1, -0.05) is 73.9 Å². The molecule has 0 fully saturated rings. The average Bonchev–Trinajstić information content (AvgIpc) is 2.66. The van der Waals surface area contributed by atoms with Gasteiger partial charge in [0.1, 0.15) is 0 Å². The summed E-state index contributed by atoms with van der Waals surface area (Å²) in [6.45, 7) is 9.92. The van der Waals surface area contributed by atoms with Crippen LogP contribution in [0.4, 0.5) is 26.3 Å². The Balaban J connectivity index is 3.63. The Hall–Kier alpha value is -2.76. The molecule has 0 aliphatic carbocycles. The molecular weight excluding hydrogens is 402 g/mol. The zero-order valence-corrected chi connectivity index (χ0v) is 16.9. The van der Waals surface area contributed by atoms with Crippen LogP contribution >= 0.6 is 0 Å². The van der Waals surface area contributed by atoms with Gasteiger partial charge in [0.05, 0.1) is 5.57 Å². The molecule has 0 saturated carbocycles. The van der Waals surface area contributed by atoms with E-state index in [9.17, 15) is 26.3 Å². The van der Waals surface area contributed by atoms with Gasteiger partial charge in [0.15, 0.2) is 0 Å². The summed E-state index contributed by atoms with van der Waals surface area (Å²) < 4.78 is 81.7. The van der Waals surface area contributed by atoms with Gasteiger partial charge in [-0.05, 0) is 49.0 Å². The molecule has 0 spiro atoms. The first kappa shape index (κ1) is 25.3. The molecule has 0 saturated heterocycles. The van der Waals surface area contributed by atoms with Crippen molar-refractivity contribution in [2.24, 2.45) is 0 Å². The quantitative estimate of drug-likeness (QED) is 0.222. The fraction of sp³-hybridized carbons (Fsp3) is 0.250. The molecule has 0 unspecified atom stereocenters. The maximum absolute atomic E-state index is 13.6. The lowest BCUT2D eigenvalue weighted by molar-refractivity contribution is -0.0925. The van der Waals surface area contributed by atoms with E-state index in [0.29, 0.717) is 0 Å². The second-order valence-electron chi connectivity index (χ2n) is 6.41. The summed E-state index contributed by atoms with van der Waals surface area (Å²) in [6.07, 6.45) is -1.55. The third-order valence-electron chi connectivity index (χ3n) is 4.37. The number of allylic oxidation sites excluding steroid dienone is 10. The third kappa shape index (κ3) is 6.94. The predicted octanol–water partition coefficient (Wildman–Crippen LogP) is 8.62. The highest BCUT2D eigenvalue weighted by molar-refractivity contribution is 5.86. The largest absolute Gasteiger partial charge is 0.416 e. The molecule has 0 atom stereocenters. The summed E-state index contributed by atoms with van der Waals surface area (Å²) >= 11 is 0. The molecule has 6 heteroatoms. The monoisotopic (exact) mass is 426 g/mol. The molecule has 0 heterocycles. The topological polar surface area (TPSA) is 0 Å². The van der Waals surface area contributed by atoms with Gasteiger partial charge >= 0.3 is 12.4 Å². The zero-order chi connectivity index (χ0) is 22.9. The highest BCUT2D eigenvalue weighted by Crippen LogP contribution is 2.41. The molecule has 0 nitrogen and oxygen atoms in total. The highest BCUT2D eigenvalue weighted by Gasteiger charge is 2.37. The first-order valence-corrected chi connectivity index (χ1v) is 9.17. The average molecular weight is 426 g/mol. The van der Waals surface area contributed by atoms with Crippen LogP contribution in [-0.4, -0.2) is 12.4 Å². The maximum atomic E-state index is 13.6. The lowest BCUT2D eigenvalue weighted by Gasteiger charge is -2.20. The van der Waals surface area contributed by atoms with Crippen molar-refractivity contribution in [2.75, 3.05) is 0 Å². The van der Waals surface area contributed by atoms with Crippen LogP contribution in [0.1, 0.15) is 37.8 Å². The van der Waals surface area contributed by atoms with E-state index in [1.807, 2.05) is 0 Å². The summed E-state index contributed by atoms with van der Waals surface area (Å²) in [6, 6.07) is 5.69. The maximum Gasteiger partial charge on any atom is 0.416 e. The minimum atomic E-state index is -4.69. The summed E-state index contributed by atoms with van der Waals surface area (Å²) in [7, 11) is 0. The highest BCUT2D eigenvalue weighted by atomic mass is 19.4. The fourth-order valence-corrected chi connectivity index (χ4v) is 2.88. The van der Waals surface area contributed by atoms with Gasteiger partial charge in [-0.3, -0.25) is 0 Å². The van der Waals surface area contributed by atoms with E-state index >= 15 is 0 Å². The minimum Gasteiger partial charge on any atom is -0.166 e. The molecule has 0 radical (unpaired) electrons. The number of hydrogen-bond acceptors (Lipinski definition) is 0. The van der Waals surface area contributed by atoms with Crippen molar-refractivity contribution in [1.82, 2.24) is 0 Å². The number of rotatable bonds is 8. The normalized spacial score (nSPS) is 14.3. The predicted molar refractivity (Wildman–Crippen MR) is 112 cm³/mol. The number of alkyl halides is 6. The molecule has 0 aliphatic heterocycles. The molecule has 0 aromatic heterocycles. The summed E-state index contributed by atoms with van der Waals surface area (Å²) in [5, 5.41) is 0. The van der Waals surface area contributed by atoms with Gasteiger partial charge in [0.2, 0.25) is 0 Å². The minimum absolute atomic E-state index is 0.00787. The van der Waals surface area contributed by atoms with E-state index in [1.165, 1.54) is 49.4 Å². The Kier molecular flexibility index (Phi) is 9.15. The van der Waals surface area contributed by atoms with Crippen molar-refractivity contribution < 1.29 is 26.3 Å². The van der Waals surface area contributed by atoms with Crippen LogP contribution in [-0.2, 0) is 0 Å². The summed E-state index contributed by atoms with van der Waals surface area (Å²) in [5.74, 6) is 0. The molecule has 1 rings (SSSR count). The molecule has 30 heavy (non-hydrogen) atoms. The van der Waals surface area contributed by atoms with Gasteiger partial charge in [-0.25, -0.2) is 0 Å². The Morgan fingerprint density at radius 1 is 0.967 bits per heavy atom. The Bertz CT molecular complexity index is 874. The van der Waals surface area contributed by atoms with E-state index in [1.54, 1.807) is 19.1 Å². The van der Waals surface area contributed by atoms with Crippen molar-refractivity contribution in [3.63, 3.8) is 0 Å². The van der Waals surface area contributed by atoms with Gasteiger partial charge < -0.3 is 0 Å². The van der Waals surface area contributed by atoms with Crippen LogP contribution in [0.3, 0.4) is 0 Å². The van der Waals surface area contributed by atoms with Gasteiger partial charge in [0, 0.05) is 5.57 Å². The van der Waals surface area contributed by atoms with Crippen molar-refractivity contribution in [3.05, 3.63) is 96.2 Å². The molecule has 162 valence electrons. The van der Waals surface area contributed by atoms with Crippen LogP contribution in [0.5, 0.6) is 0 Å².